The highest BCUT2D eigenvalue weighted by Crippen LogP contribution is 2.40. The predicted octanol–water partition coefficient (Wildman–Crippen LogP) is 10.9. The summed E-state index contributed by atoms with van der Waals surface area (Å²) in [5, 5.41) is 13.8. The summed E-state index contributed by atoms with van der Waals surface area (Å²) in [7, 11) is 0. The Kier molecular flexibility index (Phi) is 11.9. The molecule has 258 valence electrons. The van der Waals surface area contributed by atoms with Crippen molar-refractivity contribution < 1.29 is 19.4 Å². The number of fused-ring (bicyclic) bond motifs is 2. The summed E-state index contributed by atoms with van der Waals surface area (Å²) in [6.07, 6.45) is 12.5. The van der Waals surface area contributed by atoms with Crippen LogP contribution in [-0.2, 0) is 17.6 Å². The maximum absolute atomic E-state index is 10.7. The molecule has 2 saturated carbocycles. The van der Waals surface area contributed by atoms with E-state index >= 15 is 0 Å². The summed E-state index contributed by atoms with van der Waals surface area (Å²) in [6, 6.07) is 25.2. The molecule has 1 N–H and O–H groups in total. The number of aldehydes is 1. The lowest BCUT2D eigenvalue weighted by Crippen LogP contribution is -2.30. The van der Waals surface area contributed by atoms with Crippen molar-refractivity contribution in [1.82, 2.24) is 0 Å². The average molecular weight is 651 g/mol. The molecule has 2 fully saturated rings. The van der Waals surface area contributed by atoms with Crippen LogP contribution in [0.2, 0.25) is 0 Å². The monoisotopic (exact) mass is 650 g/mol. The molecule has 0 spiro atoms. The van der Waals surface area contributed by atoms with E-state index < -0.39 is 0 Å². The second kappa shape index (κ2) is 15.9. The number of rotatable bonds is 8. The fraction of sp³-hybridized carbons (Fsp3) is 0.523. The van der Waals surface area contributed by atoms with E-state index in [-0.39, 0.29) is 6.61 Å². The van der Waals surface area contributed by atoms with Crippen LogP contribution in [0, 0.1) is 22.7 Å². The van der Waals surface area contributed by atoms with Gasteiger partial charge in [-0.1, -0.05) is 90.1 Å². The maximum atomic E-state index is 10.7. The summed E-state index contributed by atoms with van der Waals surface area (Å²) < 4.78 is 12.5. The lowest BCUT2D eigenvalue weighted by atomic mass is 9.72. The lowest BCUT2D eigenvalue weighted by Gasteiger charge is -2.37. The summed E-state index contributed by atoms with van der Waals surface area (Å²) in [5.41, 5.74) is 3.07. The molecule has 0 heterocycles. The quantitative estimate of drug-likeness (QED) is 0.193. The van der Waals surface area contributed by atoms with Crippen molar-refractivity contribution in [3.05, 3.63) is 83.9 Å². The number of aliphatic hydroxyl groups excluding tert-OH is 1. The number of hydrogen-bond acceptors (Lipinski definition) is 4. The minimum absolute atomic E-state index is 0.198. The Morgan fingerprint density at radius 3 is 1.40 bits per heavy atom. The van der Waals surface area contributed by atoms with Crippen molar-refractivity contribution in [3.63, 3.8) is 0 Å². The smallest absolute Gasteiger partial charge is 0.124 e. The van der Waals surface area contributed by atoms with Gasteiger partial charge >= 0.3 is 0 Å². The van der Waals surface area contributed by atoms with Crippen LogP contribution in [0.25, 0.3) is 21.5 Å². The average Bonchev–Trinajstić information content (AvgIpc) is 3.05. The highest BCUT2D eigenvalue weighted by molar-refractivity contribution is 5.85. The minimum Gasteiger partial charge on any atom is -0.490 e. The molecule has 48 heavy (non-hydrogen) atoms. The van der Waals surface area contributed by atoms with Crippen LogP contribution in [0.3, 0.4) is 0 Å². The van der Waals surface area contributed by atoms with Gasteiger partial charge in [0, 0.05) is 13.0 Å². The van der Waals surface area contributed by atoms with Crippen molar-refractivity contribution >= 4 is 27.8 Å². The van der Waals surface area contributed by atoms with Crippen molar-refractivity contribution in [2.24, 2.45) is 22.7 Å². The van der Waals surface area contributed by atoms with E-state index in [0.717, 1.165) is 66.3 Å². The molecule has 4 nitrogen and oxygen atoms in total. The van der Waals surface area contributed by atoms with Gasteiger partial charge in [-0.15, -0.1) is 0 Å². The Bertz CT molecular complexity index is 1630. The van der Waals surface area contributed by atoms with Gasteiger partial charge in [-0.2, -0.15) is 0 Å². The second-order valence-electron chi connectivity index (χ2n) is 16.4. The zero-order valence-electron chi connectivity index (χ0n) is 30.3. The van der Waals surface area contributed by atoms with Crippen LogP contribution < -0.4 is 9.47 Å². The first-order valence-electron chi connectivity index (χ1n) is 18.3. The van der Waals surface area contributed by atoms with Crippen molar-refractivity contribution in [1.29, 1.82) is 0 Å². The van der Waals surface area contributed by atoms with Crippen molar-refractivity contribution in [2.75, 3.05) is 6.61 Å². The summed E-state index contributed by atoms with van der Waals surface area (Å²) in [4.78, 5) is 10.7. The van der Waals surface area contributed by atoms with Crippen LogP contribution in [0.1, 0.15) is 104 Å². The third kappa shape index (κ3) is 9.84. The molecule has 0 radical (unpaired) electrons. The molecule has 0 saturated heterocycles. The lowest BCUT2D eigenvalue weighted by molar-refractivity contribution is -0.107. The van der Waals surface area contributed by atoms with E-state index in [9.17, 15) is 4.79 Å². The fourth-order valence-corrected chi connectivity index (χ4v) is 7.68. The van der Waals surface area contributed by atoms with Crippen molar-refractivity contribution in [2.45, 2.75) is 118 Å². The van der Waals surface area contributed by atoms with Crippen LogP contribution in [0.15, 0.2) is 72.8 Å². The second-order valence-corrected chi connectivity index (χ2v) is 16.4. The molecular formula is C44H58O4. The first kappa shape index (κ1) is 35.9. The van der Waals surface area contributed by atoms with E-state index in [2.05, 4.69) is 108 Å². The number of benzene rings is 4. The van der Waals surface area contributed by atoms with E-state index in [4.69, 9.17) is 14.6 Å². The van der Waals surface area contributed by atoms with Crippen LogP contribution in [0.4, 0.5) is 0 Å². The molecule has 0 bridgehead atoms. The van der Waals surface area contributed by atoms with Crippen LogP contribution in [0.5, 0.6) is 11.5 Å². The highest BCUT2D eigenvalue weighted by Gasteiger charge is 2.31. The van der Waals surface area contributed by atoms with Gasteiger partial charge in [0.1, 0.15) is 17.8 Å². The third-order valence-corrected chi connectivity index (χ3v) is 10.9. The molecule has 0 aliphatic heterocycles. The molecule has 4 aromatic rings. The molecule has 0 amide bonds. The standard InChI is InChI=1S/C22H30O2.C22H28O2/c2*1-22(2,3)19-7-10-20(11-8-19)24-21-9-6-17-14-16(12-13-23)4-5-18(17)15-21/h4-6,9,14-15,19-20,23H,7-8,10-13H2,1-3H3;4-6,9,13-15,19-20H,7-8,10-12H2,1-3H3. The summed E-state index contributed by atoms with van der Waals surface area (Å²) in [5.74, 6) is 3.57. The van der Waals surface area contributed by atoms with E-state index in [0.29, 0.717) is 35.9 Å². The summed E-state index contributed by atoms with van der Waals surface area (Å²) in [6.45, 7) is 14.3. The molecule has 4 aromatic carbocycles. The number of carbonyl (C=O) groups excluding carboxylic acids is 1. The number of ether oxygens (including phenoxy) is 2. The molecule has 0 atom stereocenters. The largest absolute Gasteiger partial charge is 0.490 e. The van der Waals surface area contributed by atoms with Gasteiger partial charge in [0.2, 0.25) is 0 Å². The van der Waals surface area contributed by atoms with E-state index in [1.165, 1.54) is 47.4 Å². The molecule has 0 unspecified atom stereocenters. The molecular weight excluding hydrogens is 592 g/mol. The highest BCUT2D eigenvalue weighted by atomic mass is 16.5. The van der Waals surface area contributed by atoms with Crippen LogP contribution in [-0.4, -0.2) is 30.2 Å². The van der Waals surface area contributed by atoms with Crippen LogP contribution >= 0.6 is 0 Å². The molecule has 4 heteroatoms. The normalized spacial score (nSPS) is 21.7. The Balaban J connectivity index is 0.000000188. The Hall–Kier alpha value is -3.37. The Morgan fingerprint density at radius 1 is 0.583 bits per heavy atom. The first-order chi connectivity index (χ1) is 22.9. The number of aliphatic hydroxyl groups is 1. The number of carbonyl (C=O) groups is 1. The fourth-order valence-electron chi connectivity index (χ4n) is 7.68. The zero-order chi connectivity index (χ0) is 34.3. The van der Waals surface area contributed by atoms with Crippen molar-refractivity contribution in [3.8, 4) is 11.5 Å². The molecule has 0 aromatic heterocycles. The molecule has 2 aliphatic rings. The van der Waals surface area contributed by atoms with Gasteiger partial charge in [-0.3, -0.25) is 0 Å². The first-order valence-corrected chi connectivity index (χ1v) is 18.3. The summed E-state index contributed by atoms with van der Waals surface area (Å²) >= 11 is 0. The molecule has 2 aliphatic carbocycles. The zero-order valence-corrected chi connectivity index (χ0v) is 30.3. The topological polar surface area (TPSA) is 55.8 Å². The van der Waals surface area contributed by atoms with Gasteiger partial charge < -0.3 is 19.4 Å². The Labute approximate surface area is 289 Å². The van der Waals surface area contributed by atoms with E-state index in [1.807, 2.05) is 6.07 Å². The number of hydrogen-bond donors (Lipinski definition) is 1. The van der Waals surface area contributed by atoms with Gasteiger partial charge in [0.05, 0.1) is 12.2 Å². The SMILES string of the molecule is CC(C)(C)C1CCC(Oc2ccc3cc(CC=O)ccc3c2)CC1.CC(C)(C)C1CCC(Oc2ccc3cc(CCO)ccc3c2)CC1. The minimum atomic E-state index is 0.198. The van der Waals surface area contributed by atoms with Gasteiger partial charge in [0.25, 0.3) is 0 Å². The van der Waals surface area contributed by atoms with Gasteiger partial charge in [0.15, 0.2) is 0 Å². The molecule has 6 rings (SSSR count). The van der Waals surface area contributed by atoms with Gasteiger partial charge in [-0.25, -0.2) is 0 Å². The Morgan fingerprint density at radius 2 is 0.979 bits per heavy atom. The maximum Gasteiger partial charge on any atom is 0.124 e. The van der Waals surface area contributed by atoms with E-state index in [1.54, 1.807) is 0 Å². The predicted molar refractivity (Wildman–Crippen MR) is 200 cm³/mol. The third-order valence-electron chi connectivity index (χ3n) is 10.9. The van der Waals surface area contributed by atoms with Gasteiger partial charge in [-0.05, 0) is 137 Å².